The van der Waals surface area contributed by atoms with Crippen LogP contribution in [0.25, 0.3) is 10.4 Å². The lowest BCUT2D eigenvalue weighted by atomic mass is 9.87. The fraction of sp³-hybridized carbons (Fsp3) is 0.250. The predicted octanol–water partition coefficient (Wildman–Crippen LogP) is 5.11. The standard InChI is InChI=1S/C28H22F4N2O7S2/c1-41-21-11-20(29)18(22-8-15(12-42-22)27(37)38)10-19(21)25(35)34-24-14-6-5-13(7-14)23(24)26(36)33-16-3-2-4-17(9-16)43(39,40)28(30,31)32/h2-6,8-14,23-24H,7H2,1H3,(H,33,36)(H,34,35)(H,37,38)/t13-,14+,23+,24-/m0/s1. The fourth-order valence-corrected chi connectivity index (χ4v) is 7.09. The van der Waals surface area contributed by atoms with Crippen LogP contribution in [0.2, 0.25) is 0 Å². The minimum atomic E-state index is -5.64. The van der Waals surface area contributed by atoms with Crippen LogP contribution in [0.15, 0.2) is 64.9 Å². The minimum absolute atomic E-state index is 0.0285. The van der Waals surface area contributed by atoms with Crippen LogP contribution in [-0.4, -0.2) is 50.0 Å². The number of carboxylic acid groups (broad SMARTS) is 1. The van der Waals surface area contributed by atoms with Gasteiger partial charge in [-0.25, -0.2) is 17.6 Å². The molecule has 2 aromatic carbocycles. The number of hydrogen-bond donors (Lipinski definition) is 3. The van der Waals surface area contributed by atoms with E-state index >= 15 is 0 Å². The van der Waals surface area contributed by atoms with Gasteiger partial charge >= 0.3 is 11.5 Å². The van der Waals surface area contributed by atoms with Crippen molar-refractivity contribution in [1.29, 1.82) is 0 Å². The molecule has 0 radical (unpaired) electrons. The summed E-state index contributed by atoms with van der Waals surface area (Å²) in [6.45, 7) is 0. The summed E-state index contributed by atoms with van der Waals surface area (Å²) in [4.78, 5) is 37.4. The third kappa shape index (κ3) is 5.61. The summed E-state index contributed by atoms with van der Waals surface area (Å²) in [7, 11) is -4.40. The molecule has 4 atom stereocenters. The molecule has 2 aliphatic rings. The van der Waals surface area contributed by atoms with Crippen LogP contribution in [0.3, 0.4) is 0 Å². The summed E-state index contributed by atoms with van der Waals surface area (Å²) >= 11 is 0.975. The molecule has 1 fully saturated rings. The van der Waals surface area contributed by atoms with Gasteiger partial charge in [0.1, 0.15) is 11.6 Å². The molecule has 5 rings (SSSR count). The van der Waals surface area contributed by atoms with E-state index in [0.717, 1.165) is 29.5 Å². The number of aromatic carboxylic acids is 1. The van der Waals surface area contributed by atoms with Gasteiger partial charge in [0.2, 0.25) is 5.91 Å². The highest BCUT2D eigenvalue weighted by Crippen LogP contribution is 2.45. The van der Waals surface area contributed by atoms with E-state index in [9.17, 15) is 45.5 Å². The molecule has 0 spiro atoms. The molecule has 2 bridgehead atoms. The van der Waals surface area contributed by atoms with E-state index in [-0.39, 0.29) is 44.8 Å². The van der Waals surface area contributed by atoms with Crippen molar-refractivity contribution in [3.8, 4) is 16.2 Å². The number of fused-ring (bicyclic) bond motifs is 2. The number of thiophene rings is 1. The highest BCUT2D eigenvalue weighted by molar-refractivity contribution is 7.92. The molecule has 226 valence electrons. The van der Waals surface area contributed by atoms with Crippen molar-refractivity contribution in [2.45, 2.75) is 22.9 Å². The molecule has 9 nitrogen and oxygen atoms in total. The maximum Gasteiger partial charge on any atom is 0.501 e. The lowest BCUT2D eigenvalue weighted by molar-refractivity contribution is -0.121. The summed E-state index contributed by atoms with van der Waals surface area (Å²) in [6, 6.07) is 6.53. The van der Waals surface area contributed by atoms with Crippen LogP contribution < -0.4 is 15.4 Å². The van der Waals surface area contributed by atoms with Crippen molar-refractivity contribution in [3.05, 3.63) is 76.9 Å². The first-order valence-corrected chi connectivity index (χ1v) is 15.0. The van der Waals surface area contributed by atoms with Gasteiger partial charge in [0.05, 0.1) is 29.1 Å². The molecule has 15 heteroatoms. The van der Waals surface area contributed by atoms with Crippen molar-refractivity contribution < 1.29 is 50.2 Å². The van der Waals surface area contributed by atoms with Crippen molar-refractivity contribution in [2.24, 2.45) is 17.8 Å². The molecule has 3 aromatic rings. The fourth-order valence-electron chi connectivity index (χ4n) is 5.39. The molecular weight excluding hydrogens is 616 g/mol. The maximum atomic E-state index is 14.9. The molecule has 1 aromatic heterocycles. The monoisotopic (exact) mass is 638 g/mol. The Balaban J connectivity index is 1.40. The summed E-state index contributed by atoms with van der Waals surface area (Å²) in [6.07, 6.45) is 4.14. The van der Waals surface area contributed by atoms with Crippen LogP contribution in [0.1, 0.15) is 27.1 Å². The second kappa shape index (κ2) is 11.1. The highest BCUT2D eigenvalue weighted by Gasteiger charge is 2.49. The second-order valence-electron chi connectivity index (χ2n) is 9.98. The average molecular weight is 639 g/mol. The molecule has 0 saturated heterocycles. The number of halogens is 4. The molecule has 2 amide bonds. The number of nitrogens with one attached hydrogen (secondary N) is 2. The molecule has 1 heterocycles. The number of ether oxygens (including phenoxy) is 1. The minimum Gasteiger partial charge on any atom is -0.496 e. The Morgan fingerprint density at radius 3 is 2.44 bits per heavy atom. The van der Waals surface area contributed by atoms with Gasteiger partial charge in [0.25, 0.3) is 15.7 Å². The van der Waals surface area contributed by atoms with Crippen LogP contribution in [0, 0.1) is 23.6 Å². The van der Waals surface area contributed by atoms with Crippen LogP contribution >= 0.6 is 11.3 Å². The molecular formula is C28H22F4N2O7S2. The van der Waals surface area contributed by atoms with E-state index < -0.39 is 55.8 Å². The smallest absolute Gasteiger partial charge is 0.496 e. The number of hydrogen-bond acceptors (Lipinski definition) is 7. The first-order chi connectivity index (χ1) is 20.2. The van der Waals surface area contributed by atoms with Crippen LogP contribution in [0.5, 0.6) is 5.75 Å². The number of carbonyl (C=O) groups excluding carboxylic acids is 2. The van der Waals surface area contributed by atoms with Gasteiger partial charge in [0.15, 0.2) is 0 Å². The van der Waals surface area contributed by atoms with Gasteiger partial charge in [0, 0.05) is 33.6 Å². The number of sulfone groups is 1. The van der Waals surface area contributed by atoms with Crippen molar-refractivity contribution in [2.75, 3.05) is 12.4 Å². The van der Waals surface area contributed by atoms with E-state index in [1.54, 1.807) is 6.08 Å². The van der Waals surface area contributed by atoms with Crippen molar-refractivity contribution in [3.63, 3.8) is 0 Å². The van der Waals surface area contributed by atoms with Gasteiger partial charge in [-0.1, -0.05) is 18.2 Å². The van der Waals surface area contributed by atoms with Gasteiger partial charge in [-0.05, 0) is 48.6 Å². The zero-order valence-corrected chi connectivity index (χ0v) is 23.6. The predicted molar refractivity (Wildman–Crippen MR) is 147 cm³/mol. The SMILES string of the molecule is COc1cc(F)c(-c2cc(C(=O)O)cs2)cc1C(=O)N[C@@H]1[C@H](C(=O)Nc2cccc(S(=O)(=O)C(F)(F)F)c2)[C@H]2C=C[C@@H]1C2. The van der Waals surface area contributed by atoms with Crippen molar-refractivity contribution in [1.82, 2.24) is 5.32 Å². The van der Waals surface area contributed by atoms with Gasteiger partial charge in [-0.3, -0.25) is 9.59 Å². The van der Waals surface area contributed by atoms with E-state index in [4.69, 9.17) is 4.74 Å². The van der Waals surface area contributed by atoms with Crippen molar-refractivity contribution >= 4 is 44.6 Å². The Bertz CT molecular complexity index is 1770. The largest absolute Gasteiger partial charge is 0.501 e. The summed E-state index contributed by atoms with van der Waals surface area (Å²) < 4.78 is 82.9. The lowest BCUT2D eigenvalue weighted by Crippen LogP contribution is -2.47. The number of carboxylic acids is 1. The Morgan fingerprint density at radius 2 is 1.79 bits per heavy atom. The Morgan fingerprint density at radius 1 is 1.07 bits per heavy atom. The number of amides is 2. The van der Waals surface area contributed by atoms with Gasteiger partial charge in [-0.2, -0.15) is 13.2 Å². The molecule has 1 saturated carbocycles. The first kappa shape index (κ1) is 30.2. The number of rotatable bonds is 8. The maximum absolute atomic E-state index is 14.9. The first-order valence-electron chi connectivity index (χ1n) is 12.6. The topological polar surface area (TPSA) is 139 Å². The Labute approximate surface area is 246 Å². The zero-order chi connectivity index (χ0) is 31.3. The summed E-state index contributed by atoms with van der Waals surface area (Å²) in [5, 5.41) is 15.8. The molecule has 0 aliphatic heterocycles. The summed E-state index contributed by atoms with van der Waals surface area (Å²) in [5.41, 5.74) is -5.84. The molecule has 3 N–H and O–H groups in total. The lowest BCUT2D eigenvalue weighted by Gasteiger charge is -2.28. The van der Waals surface area contributed by atoms with E-state index in [0.29, 0.717) is 12.5 Å². The van der Waals surface area contributed by atoms with E-state index in [1.165, 1.54) is 30.7 Å². The number of carbonyl (C=O) groups is 3. The third-order valence-electron chi connectivity index (χ3n) is 7.42. The quantitative estimate of drug-likeness (QED) is 0.230. The Hall–Kier alpha value is -4.24. The number of methoxy groups -OCH3 is 1. The number of anilines is 1. The van der Waals surface area contributed by atoms with E-state index in [1.807, 2.05) is 6.08 Å². The number of benzene rings is 2. The summed E-state index contributed by atoms with van der Waals surface area (Å²) in [5.74, 6) is -4.82. The highest BCUT2D eigenvalue weighted by atomic mass is 32.2. The van der Waals surface area contributed by atoms with Crippen LogP contribution in [0.4, 0.5) is 23.2 Å². The number of allylic oxidation sites excluding steroid dienone is 1. The average Bonchev–Trinajstić information content (AvgIpc) is 3.69. The van der Waals surface area contributed by atoms with Gasteiger partial charge < -0.3 is 20.5 Å². The second-order valence-corrected chi connectivity index (χ2v) is 12.8. The Kier molecular flexibility index (Phi) is 7.81. The third-order valence-corrected chi connectivity index (χ3v) is 9.87. The number of alkyl halides is 3. The molecule has 2 aliphatic carbocycles. The molecule has 43 heavy (non-hydrogen) atoms. The van der Waals surface area contributed by atoms with Crippen LogP contribution in [-0.2, 0) is 14.6 Å². The van der Waals surface area contributed by atoms with E-state index in [2.05, 4.69) is 10.6 Å². The normalized spacial score (nSPS) is 21.0. The van der Waals surface area contributed by atoms with Gasteiger partial charge in [-0.15, -0.1) is 11.3 Å². The zero-order valence-electron chi connectivity index (χ0n) is 22.0. The molecule has 0 unspecified atom stereocenters.